The Bertz CT molecular complexity index is 393. The van der Waals surface area contributed by atoms with E-state index in [4.69, 9.17) is 10.5 Å². The van der Waals surface area contributed by atoms with Crippen molar-refractivity contribution in [3.8, 4) is 5.75 Å². The lowest BCUT2D eigenvalue weighted by atomic mass is 10.2. The molecule has 0 atom stereocenters. The Morgan fingerprint density at radius 2 is 2.13 bits per heavy atom. The van der Waals surface area contributed by atoms with Crippen LogP contribution in [0.1, 0.15) is 5.56 Å². The highest BCUT2D eigenvalue weighted by Crippen LogP contribution is 2.32. The average Bonchev–Trinajstić information content (AvgIpc) is 2.22. The second kappa shape index (κ2) is 5.23. The quantitative estimate of drug-likeness (QED) is 0.863. The molecule has 0 unspecified atom stereocenters. The predicted molar refractivity (Wildman–Crippen MR) is 58.7 cm³/mol. The maximum Gasteiger partial charge on any atom is 0.202 e. The average molecular weight is 278 g/mol. The molecule has 2 nitrogen and oxygen atoms in total. The van der Waals surface area contributed by atoms with E-state index < -0.39 is 11.6 Å². The maximum atomic E-state index is 13.4. The second-order valence-electron chi connectivity index (χ2n) is 2.75. The van der Waals surface area contributed by atoms with E-state index in [0.717, 1.165) is 0 Å². The van der Waals surface area contributed by atoms with Crippen molar-refractivity contribution in [2.75, 3.05) is 13.7 Å². The molecule has 1 aromatic carbocycles. The van der Waals surface area contributed by atoms with Gasteiger partial charge in [0.15, 0.2) is 11.6 Å². The molecule has 5 heteroatoms. The smallest absolute Gasteiger partial charge is 0.202 e. The van der Waals surface area contributed by atoms with Gasteiger partial charge in [-0.15, -0.1) is 0 Å². The van der Waals surface area contributed by atoms with E-state index in [1.807, 2.05) is 0 Å². The van der Waals surface area contributed by atoms with Crippen LogP contribution in [-0.4, -0.2) is 13.7 Å². The molecule has 15 heavy (non-hydrogen) atoms. The van der Waals surface area contributed by atoms with Crippen molar-refractivity contribution in [3.63, 3.8) is 0 Å². The highest BCUT2D eigenvalue weighted by molar-refractivity contribution is 9.10. The van der Waals surface area contributed by atoms with Crippen LogP contribution in [0.4, 0.5) is 8.78 Å². The Hall–Kier alpha value is -0.940. The Morgan fingerprint density at radius 1 is 1.47 bits per heavy atom. The van der Waals surface area contributed by atoms with Crippen molar-refractivity contribution in [2.24, 2.45) is 5.73 Å². The minimum Gasteiger partial charge on any atom is -0.492 e. The Labute approximate surface area is 94.9 Å². The van der Waals surface area contributed by atoms with Crippen LogP contribution in [-0.2, 0) is 0 Å². The standard InChI is InChI=1S/C10H10BrF2NO/c1-15-10-7(11)5-6(3-2-4-14)8(12)9(10)13/h2-3,5H,4,14H2,1H3/b3-2+. The molecule has 0 radical (unpaired) electrons. The van der Waals surface area contributed by atoms with Gasteiger partial charge in [0, 0.05) is 12.1 Å². The number of ether oxygens (including phenoxy) is 1. The third-order valence-corrected chi connectivity index (χ3v) is 2.37. The molecule has 1 rings (SSSR count). The van der Waals surface area contributed by atoms with Gasteiger partial charge in [-0.3, -0.25) is 0 Å². The highest BCUT2D eigenvalue weighted by atomic mass is 79.9. The zero-order chi connectivity index (χ0) is 11.4. The zero-order valence-electron chi connectivity index (χ0n) is 8.06. The number of hydrogen-bond acceptors (Lipinski definition) is 2. The van der Waals surface area contributed by atoms with Gasteiger partial charge in [-0.2, -0.15) is 4.39 Å². The first-order valence-corrected chi connectivity index (χ1v) is 4.99. The largest absolute Gasteiger partial charge is 0.492 e. The van der Waals surface area contributed by atoms with E-state index in [1.54, 1.807) is 0 Å². The van der Waals surface area contributed by atoms with Crippen molar-refractivity contribution < 1.29 is 13.5 Å². The first kappa shape index (κ1) is 12.1. The van der Waals surface area contributed by atoms with Crippen LogP contribution in [0, 0.1) is 11.6 Å². The molecule has 0 aliphatic carbocycles. The summed E-state index contributed by atoms with van der Waals surface area (Å²) in [5.74, 6) is -2.10. The Kier molecular flexibility index (Phi) is 4.23. The molecule has 0 fully saturated rings. The van der Waals surface area contributed by atoms with Crippen LogP contribution in [0.15, 0.2) is 16.6 Å². The summed E-state index contributed by atoms with van der Waals surface area (Å²) in [7, 11) is 1.28. The first-order chi connectivity index (χ1) is 7.11. The minimum atomic E-state index is -1.01. The van der Waals surface area contributed by atoms with Gasteiger partial charge in [-0.1, -0.05) is 12.2 Å². The summed E-state index contributed by atoms with van der Waals surface area (Å²) in [5, 5.41) is 0. The van der Waals surface area contributed by atoms with E-state index >= 15 is 0 Å². The van der Waals surface area contributed by atoms with Gasteiger partial charge >= 0.3 is 0 Å². The lowest BCUT2D eigenvalue weighted by Crippen LogP contribution is -1.97. The fraction of sp³-hybridized carbons (Fsp3) is 0.200. The summed E-state index contributed by atoms with van der Waals surface area (Å²) in [6, 6.07) is 1.43. The highest BCUT2D eigenvalue weighted by Gasteiger charge is 2.16. The third-order valence-electron chi connectivity index (χ3n) is 1.78. The van der Waals surface area contributed by atoms with Crippen molar-refractivity contribution in [1.82, 2.24) is 0 Å². The molecule has 2 N–H and O–H groups in total. The number of rotatable bonds is 3. The molecule has 0 spiro atoms. The molecular formula is C10H10BrF2NO. The van der Waals surface area contributed by atoms with Crippen LogP contribution >= 0.6 is 15.9 Å². The van der Waals surface area contributed by atoms with E-state index in [9.17, 15) is 8.78 Å². The second-order valence-corrected chi connectivity index (χ2v) is 3.60. The summed E-state index contributed by atoms with van der Waals surface area (Å²) in [5.41, 5.74) is 5.35. The van der Waals surface area contributed by atoms with Gasteiger partial charge < -0.3 is 10.5 Å². The van der Waals surface area contributed by atoms with E-state index in [1.165, 1.54) is 25.3 Å². The Balaban J connectivity index is 3.27. The fourth-order valence-electron chi connectivity index (χ4n) is 1.10. The normalized spacial score (nSPS) is 11.0. The van der Waals surface area contributed by atoms with Gasteiger partial charge in [-0.05, 0) is 22.0 Å². The van der Waals surface area contributed by atoms with Crippen LogP contribution in [0.2, 0.25) is 0 Å². The minimum absolute atomic E-state index is 0.130. The molecule has 0 aromatic heterocycles. The molecule has 1 aromatic rings. The van der Waals surface area contributed by atoms with Gasteiger partial charge in [-0.25, -0.2) is 4.39 Å². The third kappa shape index (κ3) is 2.54. The van der Waals surface area contributed by atoms with Gasteiger partial charge in [0.1, 0.15) is 0 Å². The summed E-state index contributed by atoms with van der Waals surface area (Å²) in [4.78, 5) is 0. The first-order valence-electron chi connectivity index (χ1n) is 4.20. The van der Waals surface area contributed by atoms with E-state index in [2.05, 4.69) is 15.9 Å². The lowest BCUT2D eigenvalue weighted by Gasteiger charge is -2.07. The summed E-state index contributed by atoms with van der Waals surface area (Å²) in [6.07, 6.45) is 2.96. The lowest BCUT2D eigenvalue weighted by molar-refractivity contribution is 0.369. The van der Waals surface area contributed by atoms with Crippen molar-refractivity contribution in [1.29, 1.82) is 0 Å². The molecule has 0 saturated carbocycles. The maximum absolute atomic E-state index is 13.4. The topological polar surface area (TPSA) is 35.2 Å². The molecule has 0 saturated heterocycles. The molecule has 0 heterocycles. The van der Waals surface area contributed by atoms with Gasteiger partial charge in [0.25, 0.3) is 0 Å². The summed E-state index contributed by atoms with van der Waals surface area (Å²) in [6.45, 7) is 0.269. The molecule has 0 bridgehead atoms. The summed E-state index contributed by atoms with van der Waals surface area (Å²) < 4.78 is 31.8. The summed E-state index contributed by atoms with van der Waals surface area (Å²) >= 11 is 3.09. The molecule has 0 aliphatic rings. The zero-order valence-corrected chi connectivity index (χ0v) is 9.64. The van der Waals surface area contributed by atoms with Crippen molar-refractivity contribution >= 4 is 22.0 Å². The number of benzene rings is 1. The van der Waals surface area contributed by atoms with Gasteiger partial charge in [0.2, 0.25) is 5.82 Å². The van der Waals surface area contributed by atoms with Gasteiger partial charge in [0.05, 0.1) is 11.6 Å². The molecule has 0 amide bonds. The monoisotopic (exact) mass is 277 g/mol. The van der Waals surface area contributed by atoms with Crippen LogP contribution in [0.25, 0.3) is 6.08 Å². The number of methoxy groups -OCH3 is 1. The SMILES string of the molecule is COc1c(Br)cc(/C=C/CN)c(F)c1F. The van der Waals surface area contributed by atoms with E-state index in [0.29, 0.717) is 4.47 Å². The van der Waals surface area contributed by atoms with Crippen molar-refractivity contribution in [3.05, 3.63) is 33.8 Å². The molecule has 0 aliphatic heterocycles. The number of hydrogen-bond donors (Lipinski definition) is 1. The number of halogens is 3. The van der Waals surface area contributed by atoms with Crippen LogP contribution < -0.4 is 10.5 Å². The number of nitrogens with two attached hydrogens (primary N) is 1. The van der Waals surface area contributed by atoms with Crippen molar-refractivity contribution in [2.45, 2.75) is 0 Å². The Morgan fingerprint density at radius 3 is 2.67 bits per heavy atom. The van der Waals surface area contributed by atoms with E-state index in [-0.39, 0.29) is 17.9 Å². The fourth-order valence-corrected chi connectivity index (χ4v) is 1.68. The molecule has 82 valence electrons. The van der Waals surface area contributed by atoms with Crippen LogP contribution in [0.3, 0.4) is 0 Å². The molecular weight excluding hydrogens is 268 g/mol. The van der Waals surface area contributed by atoms with Crippen LogP contribution in [0.5, 0.6) is 5.75 Å². The predicted octanol–water partition coefficient (Wildman–Crippen LogP) is 2.71.